The van der Waals surface area contributed by atoms with Gasteiger partial charge in [0.05, 0.1) is 19.3 Å². The van der Waals surface area contributed by atoms with Crippen LogP contribution >= 0.6 is 0 Å². The standard InChI is InChI=1S/C15H24O7S/c1-9-5-14(7-20-11(3)16)6-15(9,8-21-12(4)17)13(10(14)2)22-23(18)19/h9-10,13H,5-8H2,1-4H3,(H,18,19). The smallest absolute Gasteiger partial charge is 0.302 e. The second-order valence-electron chi connectivity index (χ2n) is 6.96. The van der Waals surface area contributed by atoms with Crippen molar-refractivity contribution in [3.05, 3.63) is 0 Å². The third-order valence-electron chi connectivity index (χ3n) is 5.66. The molecule has 2 aliphatic rings. The van der Waals surface area contributed by atoms with Crippen LogP contribution in [0.2, 0.25) is 0 Å². The molecule has 0 aromatic rings. The molecule has 6 atom stereocenters. The third kappa shape index (κ3) is 3.29. The SMILES string of the molecule is CC(=O)OCC12CC(C)C(COC(C)=O)(C1)C(OS(=O)O)C2C. The molecule has 2 fully saturated rings. The molecular weight excluding hydrogens is 324 g/mol. The van der Waals surface area contributed by atoms with Crippen LogP contribution in [0.4, 0.5) is 0 Å². The van der Waals surface area contributed by atoms with Gasteiger partial charge in [-0.25, -0.2) is 0 Å². The molecule has 8 heteroatoms. The second-order valence-corrected chi connectivity index (χ2v) is 7.59. The molecule has 0 heterocycles. The summed E-state index contributed by atoms with van der Waals surface area (Å²) in [6, 6.07) is 0. The van der Waals surface area contributed by atoms with Gasteiger partial charge in [-0.3, -0.25) is 18.3 Å². The summed E-state index contributed by atoms with van der Waals surface area (Å²) >= 11 is -2.41. The predicted molar refractivity (Wildman–Crippen MR) is 81.3 cm³/mol. The van der Waals surface area contributed by atoms with Gasteiger partial charge in [0.2, 0.25) is 0 Å². The van der Waals surface area contributed by atoms with Crippen molar-refractivity contribution < 1.29 is 32.0 Å². The van der Waals surface area contributed by atoms with Crippen molar-refractivity contribution in [2.45, 2.75) is 46.6 Å². The van der Waals surface area contributed by atoms with Crippen molar-refractivity contribution in [3.63, 3.8) is 0 Å². The number of carbonyl (C=O) groups excluding carboxylic acids is 2. The zero-order chi connectivity index (χ0) is 17.4. The van der Waals surface area contributed by atoms with Crippen LogP contribution in [-0.2, 0) is 34.6 Å². The number of fused-ring (bicyclic) bond motifs is 2. The van der Waals surface area contributed by atoms with Crippen LogP contribution < -0.4 is 0 Å². The molecule has 1 N–H and O–H groups in total. The second kappa shape index (κ2) is 6.49. The molecule has 0 aromatic heterocycles. The summed E-state index contributed by atoms with van der Waals surface area (Å²) in [5.74, 6) is -0.730. The molecule has 0 saturated heterocycles. The van der Waals surface area contributed by atoms with Crippen molar-refractivity contribution in [3.8, 4) is 0 Å². The van der Waals surface area contributed by atoms with Crippen LogP contribution in [0, 0.1) is 22.7 Å². The fraction of sp³-hybridized carbons (Fsp3) is 0.867. The zero-order valence-corrected chi connectivity index (χ0v) is 14.7. The lowest BCUT2D eigenvalue weighted by atomic mass is 9.68. The van der Waals surface area contributed by atoms with Crippen molar-refractivity contribution in [1.29, 1.82) is 0 Å². The lowest BCUT2D eigenvalue weighted by molar-refractivity contribution is -0.151. The number of ether oxygens (including phenoxy) is 2. The minimum absolute atomic E-state index is 0.0929. The Morgan fingerprint density at radius 1 is 1.17 bits per heavy atom. The van der Waals surface area contributed by atoms with E-state index in [0.29, 0.717) is 6.42 Å². The van der Waals surface area contributed by atoms with Crippen molar-refractivity contribution in [2.75, 3.05) is 13.2 Å². The van der Waals surface area contributed by atoms with Crippen LogP contribution in [-0.4, -0.2) is 40.0 Å². The number of rotatable bonds is 6. The maximum atomic E-state index is 11.2. The monoisotopic (exact) mass is 348 g/mol. The quantitative estimate of drug-likeness (QED) is 0.576. The Morgan fingerprint density at radius 2 is 1.74 bits per heavy atom. The first-order valence-corrected chi connectivity index (χ1v) is 8.71. The summed E-state index contributed by atoms with van der Waals surface area (Å²) in [5, 5.41) is 0. The maximum Gasteiger partial charge on any atom is 0.302 e. The minimum atomic E-state index is -2.41. The molecule has 23 heavy (non-hydrogen) atoms. The summed E-state index contributed by atoms with van der Waals surface area (Å²) in [7, 11) is 0. The van der Waals surface area contributed by atoms with Gasteiger partial charge >= 0.3 is 23.3 Å². The highest BCUT2D eigenvalue weighted by molar-refractivity contribution is 7.74. The molecule has 2 saturated carbocycles. The van der Waals surface area contributed by atoms with Crippen LogP contribution in [0.5, 0.6) is 0 Å². The highest BCUT2D eigenvalue weighted by atomic mass is 32.2. The summed E-state index contributed by atoms with van der Waals surface area (Å²) in [6.07, 6.45) is 0.887. The summed E-state index contributed by atoms with van der Waals surface area (Å²) in [5.41, 5.74) is -0.862. The van der Waals surface area contributed by atoms with Crippen molar-refractivity contribution in [2.24, 2.45) is 22.7 Å². The van der Waals surface area contributed by atoms with Gasteiger partial charge in [0.15, 0.2) is 0 Å². The highest BCUT2D eigenvalue weighted by Gasteiger charge is 2.69. The van der Waals surface area contributed by atoms with E-state index in [1.807, 2.05) is 13.8 Å². The molecule has 132 valence electrons. The first kappa shape index (κ1) is 18.4. The first-order chi connectivity index (χ1) is 10.6. The largest absolute Gasteiger partial charge is 0.465 e. The van der Waals surface area contributed by atoms with Crippen molar-refractivity contribution >= 4 is 23.3 Å². The lowest BCUT2D eigenvalue weighted by Crippen LogP contribution is -2.47. The lowest BCUT2D eigenvalue weighted by Gasteiger charge is -2.43. The Bertz CT molecular complexity index is 522. The summed E-state index contributed by atoms with van der Waals surface area (Å²) in [4.78, 5) is 22.4. The molecule has 6 unspecified atom stereocenters. The minimum Gasteiger partial charge on any atom is -0.465 e. The van der Waals surface area contributed by atoms with Gasteiger partial charge in [-0.05, 0) is 24.7 Å². The van der Waals surface area contributed by atoms with Gasteiger partial charge in [-0.2, -0.15) is 4.21 Å². The van der Waals surface area contributed by atoms with Crippen LogP contribution in [0.1, 0.15) is 40.5 Å². The van der Waals surface area contributed by atoms with Crippen LogP contribution in [0.3, 0.4) is 0 Å². The van der Waals surface area contributed by atoms with E-state index >= 15 is 0 Å². The fourth-order valence-corrected chi connectivity index (χ4v) is 5.06. The molecule has 0 aromatic carbocycles. The predicted octanol–water partition coefficient (Wildman–Crippen LogP) is 1.69. The van der Waals surface area contributed by atoms with Crippen LogP contribution in [0.15, 0.2) is 0 Å². The Kier molecular flexibility index (Phi) is 5.18. The van der Waals surface area contributed by atoms with Gasteiger partial charge in [0.25, 0.3) is 0 Å². The van der Waals surface area contributed by atoms with Crippen LogP contribution in [0.25, 0.3) is 0 Å². The van der Waals surface area contributed by atoms with E-state index in [1.54, 1.807) is 0 Å². The Hall–Kier alpha value is -0.990. The van der Waals surface area contributed by atoms with Gasteiger partial charge < -0.3 is 9.47 Å². The first-order valence-electron chi connectivity index (χ1n) is 7.68. The van der Waals surface area contributed by atoms with Gasteiger partial charge in [0, 0.05) is 24.7 Å². The average Bonchev–Trinajstić information content (AvgIpc) is 2.84. The average molecular weight is 348 g/mol. The van der Waals surface area contributed by atoms with Gasteiger partial charge in [0.1, 0.15) is 0 Å². The van der Waals surface area contributed by atoms with Crippen molar-refractivity contribution in [1.82, 2.24) is 0 Å². The van der Waals surface area contributed by atoms with E-state index in [4.69, 9.17) is 13.7 Å². The number of hydrogen-bond acceptors (Lipinski definition) is 6. The number of carbonyl (C=O) groups is 2. The molecule has 2 bridgehead atoms. The molecular formula is C15H24O7S. The van der Waals surface area contributed by atoms with E-state index in [9.17, 15) is 18.4 Å². The maximum absolute atomic E-state index is 11.2. The molecule has 0 amide bonds. The Morgan fingerprint density at radius 3 is 2.26 bits per heavy atom. The highest BCUT2D eigenvalue weighted by Crippen LogP contribution is 2.67. The van der Waals surface area contributed by atoms with E-state index in [1.165, 1.54) is 13.8 Å². The molecule has 7 nitrogen and oxygen atoms in total. The molecule has 0 aliphatic heterocycles. The molecule has 0 spiro atoms. The summed E-state index contributed by atoms with van der Waals surface area (Å²) < 4.78 is 36.2. The van der Waals surface area contributed by atoms with E-state index in [2.05, 4.69) is 0 Å². The van der Waals surface area contributed by atoms with E-state index in [-0.39, 0.29) is 36.4 Å². The Labute approximate surface area is 138 Å². The fourth-order valence-electron chi connectivity index (χ4n) is 4.53. The van der Waals surface area contributed by atoms with E-state index < -0.39 is 28.8 Å². The normalized spacial score (nSPS) is 40.0. The molecule has 2 rings (SSSR count). The van der Waals surface area contributed by atoms with E-state index in [0.717, 1.165) is 6.42 Å². The third-order valence-corrected chi connectivity index (χ3v) is 6.03. The number of hydrogen-bond donors (Lipinski definition) is 1. The van der Waals surface area contributed by atoms with Gasteiger partial charge in [-0.15, -0.1) is 0 Å². The topological polar surface area (TPSA) is 99.1 Å². The molecule has 2 aliphatic carbocycles. The molecule has 0 radical (unpaired) electrons. The summed E-state index contributed by atoms with van der Waals surface area (Å²) in [6.45, 7) is 7.02. The Balaban J connectivity index is 2.31. The number of esters is 2. The zero-order valence-electron chi connectivity index (χ0n) is 13.9. The van der Waals surface area contributed by atoms with Gasteiger partial charge in [-0.1, -0.05) is 13.8 Å².